The third-order valence-corrected chi connectivity index (χ3v) is 5.29. The van der Waals surface area contributed by atoms with Gasteiger partial charge in [-0.3, -0.25) is 0 Å². The first-order valence-electron chi connectivity index (χ1n) is 4.39. The van der Waals surface area contributed by atoms with Crippen LogP contribution in [-0.4, -0.2) is 40.0 Å². The molecule has 4 heteroatoms. The number of hydrogen-bond donors (Lipinski definition) is 1. The zero-order valence-corrected chi connectivity index (χ0v) is 8.57. The van der Waals surface area contributed by atoms with E-state index in [2.05, 4.69) is 0 Å². The predicted octanol–water partition coefficient (Wildman–Crippen LogP) is 1.33. The molecule has 0 amide bonds. The molecular formula is C8H14O2S2. The molecule has 0 spiro atoms. The fraction of sp³-hybridized carbons (Fsp3) is 1.00. The Kier molecular flexibility index (Phi) is 3.23. The zero-order valence-electron chi connectivity index (χ0n) is 6.94. The smallest absolute Gasteiger partial charge is 0.0811 e. The predicted molar refractivity (Wildman–Crippen MR) is 53.7 cm³/mol. The van der Waals surface area contributed by atoms with E-state index in [9.17, 15) is 5.11 Å². The molecule has 2 aliphatic rings. The first-order valence-corrected chi connectivity index (χ1v) is 6.49. The third-order valence-electron chi connectivity index (χ3n) is 2.16. The topological polar surface area (TPSA) is 29.5 Å². The lowest BCUT2D eigenvalue weighted by atomic mass is 10.2. The summed E-state index contributed by atoms with van der Waals surface area (Å²) in [4.78, 5) is 0. The average Bonchev–Trinajstić information content (AvgIpc) is 2.54. The van der Waals surface area contributed by atoms with Gasteiger partial charge in [-0.05, 0) is 17.9 Å². The van der Waals surface area contributed by atoms with Crippen molar-refractivity contribution in [3.05, 3.63) is 0 Å². The minimum Gasteiger partial charge on any atom is -0.391 e. The van der Waals surface area contributed by atoms with E-state index in [-0.39, 0.29) is 6.10 Å². The second-order valence-corrected chi connectivity index (χ2v) is 6.02. The molecule has 0 aromatic carbocycles. The summed E-state index contributed by atoms with van der Waals surface area (Å²) >= 11 is 3.98. The van der Waals surface area contributed by atoms with E-state index in [0.717, 1.165) is 6.42 Å². The SMILES string of the molecule is O[C@H]1CO[C@H](C2SCCCS2)C1. The number of aliphatic hydroxyl groups is 1. The van der Waals surface area contributed by atoms with Crippen LogP contribution >= 0.6 is 23.5 Å². The van der Waals surface area contributed by atoms with Gasteiger partial charge in [-0.25, -0.2) is 0 Å². The van der Waals surface area contributed by atoms with Gasteiger partial charge in [0, 0.05) is 6.42 Å². The van der Waals surface area contributed by atoms with E-state index in [0.29, 0.717) is 17.3 Å². The van der Waals surface area contributed by atoms with Crippen LogP contribution in [0.4, 0.5) is 0 Å². The van der Waals surface area contributed by atoms with Crippen LogP contribution < -0.4 is 0 Å². The van der Waals surface area contributed by atoms with Gasteiger partial charge in [-0.1, -0.05) is 0 Å². The molecular weight excluding hydrogens is 192 g/mol. The number of ether oxygens (including phenoxy) is 1. The van der Waals surface area contributed by atoms with Crippen molar-refractivity contribution in [3.63, 3.8) is 0 Å². The first-order chi connectivity index (χ1) is 5.86. The highest BCUT2D eigenvalue weighted by atomic mass is 32.2. The van der Waals surface area contributed by atoms with Crippen LogP contribution in [0.5, 0.6) is 0 Å². The fourth-order valence-corrected chi connectivity index (χ4v) is 4.59. The Labute approximate surface area is 81.4 Å². The molecule has 0 aromatic rings. The molecule has 2 rings (SSSR count). The summed E-state index contributed by atoms with van der Waals surface area (Å²) in [6.07, 6.45) is 2.25. The summed E-state index contributed by atoms with van der Waals surface area (Å²) < 4.78 is 6.09. The van der Waals surface area contributed by atoms with Crippen LogP contribution in [0.25, 0.3) is 0 Å². The van der Waals surface area contributed by atoms with Gasteiger partial charge in [0.25, 0.3) is 0 Å². The molecule has 0 radical (unpaired) electrons. The lowest BCUT2D eigenvalue weighted by Crippen LogP contribution is -2.23. The van der Waals surface area contributed by atoms with E-state index >= 15 is 0 Å². The number of hydrogen-bond acceptors (Lipinski definition) is 4. The molecule has 0 unspecified atom stereocenters. The molecule has 0 saturated carbocycles. The minimum atomic E-state index is -0.210. The van der Waals surface area contributed by atoms with Crippen LogP contribution in [0.15, 0.2) is 0 Å². The van der Waals surface area contributed by atoms with Gasteiger partial charge in [-0.15, -0.1) is 23.5 Å². The van der Waals surface area contributed by atoms with E-state index in [1.807, 2.05) is 23.5 Å². The van der Waals surface area contributed by atoms with Crippen LogP contribution in [0.1, 0.15) is 12.8 Å². The molecule has 0 bridgehead atoms. The van der Waals surface area contributed by atoms with Crippen molar-refractivity contribution in [1.82, 2.24) is 0 Å². The van der Waals surface area contributed by atoms with Gasteiger partial charge < -0.3 is 9.84 Å². The lowest BCUT2D eigenvalue weighted by Gasteiger charge is -2.25. The molecule has 2 fully saturated rings. The van der Waals surface area contributed by atoms with Crippen molar-refractivity contribution in [2.24, 2.45) is 0 Å². The van der Waals surface area contributed by atoms with Gasteiger partial charge >= 0.3 is 0 Å². The van der Waals surface area contributed by atoms with Crippen LogP contribution in [0.3, 0.4) is 0 Å². The Morgan fingerprint density at radius 1 is 1.25 bits per heavy atom. The minimum absolute atomic E-state index is 0.210. The Morgan fingerprint density at radius 2 is 2.00 bits per heavy atom. The first kappa shape index (κ1) is 9.19. The second-order valence-electron chi connectivity index (χ2n) is 3.22. The molecule has 2 atom stereocenters. The molecule has 0 aromatic heterocycles. The number of rotatable bonds is 1. The van der Waals surface area contributed by atoms with E-state index < -0.39 is 0 Å². The maximum absolute atomic E-state index is 9.29. The summed E-state index contributed by atoms with van der Waals surface area (Å²) in [5, 5.41) is 9.29. The van der Waals surface area contributed by atoms with Gasteiger partial charge in [0.1, 0.15) is 0 Å². The van der Waals surface area contributed by atoms with Crippen molar-refractivity contribution in [1.29, 1.82) is 0 Å². The van der Waals surface area contributed by atoms with Crippen molar-refractivity contribution >= 4 is 23.5 Å². The van der Waals surface area contributed by atoms with E-state index in [4.69, 9.17) is 4.74 Å². The lowest BCUT2D eigenvalue weighted by molar-refractivity contribution is 0.0960. The van der Waals surface area contributed by atoms with Crippen molar-refractivity contribution < 1.29 is 9.84 Å². The largest absolute Gasteiger partial charge is 0.391 e. The normalized spacial score (nSPS) is 38.8. The van der Waals surface area contributed by atoms with Crippen molar-refractivity contribution in [2.45, 2.75) is 29.6 Å². The Bertz CT molecular complexity index is 145. The van der Waals surface area contributed by atoms with Gasteiger partial charge in [-0.2, -0.15) is 0 Å². The maximum Gasteiger partial charge on any atom is 0.0811 e. The molecule has 2 heterocycles. The summed E-state index contributed by atoms with van der Waals surface area (Å²) in [6.45, 7) is 0.544. The summed E-state index contributed by atoms with van der Waals surface area (Å²) in [6, 6.07) is 0. The molecule has 2 aliphatic heterocycles. The summed E-state index contributed by atoms with van der Waals surface area (Å²) in [5.41, 5.74) is 0. The van der Waals surface area contributed by atoms with Gasteiger partial charge in [0.2, 0.25) is 0 Å². The average molecular weight is 206 g/mol. The van der Waals surface area contributed by atoms with Crippen LogP contribution in [-0.2, 0) is 4.74 Å². The monoisotopic (exact) mass is 206 g/mol. The van der Waals surface area contributed by atoms with Gasteiger partial charge in [0.15, 0.2) is 0 Å². The molecule has 70 valence electrons. The van der Waals surface area contributed by atoms with E-state index in [1.165, 1.54) is 17.9 Å². The van der Waals surface area contributed by atoms with Crippen LogP contribution in [0.2, 0.25) is 0 Å². The Morgan fingerprint density at radius 3 is 2.58 bits per heavy atom. The molecule has 2 saturated heterocycles. The van der Waals surface area contributed by atoms with Crippen molar-refractivity contribution in [3.8, 4) is 0 Å². The van der Waals surface area contributed by atoms with E-state index in [1.54, 1.807) is 0 Å². The highest BCUT2D eigenvalue weighted by molar-refractivity contribution is 8.17. The fourth-order valence-electron chi connectivity index (χ4n) is 1.55. The Balaban J connectivity index is 1.83. The maximum atomic E-state index is 9.29. The molecule has 12 heavy (non-hydrogen) atoms. The molecule has 1 N–H and O–H groups in total. The summed E-state index contributed by atoms with van der Waals surface area (Å²) in [5.74, 6) is 2.52. The quantitative estimate of drug-likeness (QED) is 0.701. The highest BCUT2D eigenvalue weighted by Gasteiger charge is 2.32. The number of aliphatic hydroxyl groups excluding tert-OH is 1. The standard InChI is InChI=1S/C8H14O2S2/c9-6-4-7(10-5-6)8-11-2-1-3-12-8/h6-9H,1-5H2/t6-,7+/m1/s1. The molecule has 0 aliphatic carbocycles. The second kappa shape index (κ2) is 4.22. The third kappa shape index (κ3) is 2.10. The summed E-state index contributed by atoms with van der Waals surface area (Å²) in [7, 11) is 0. The molecule has 2 nitrogen and oxygen atoms in total. The zero-order chi connectivity index (χ0) is 8.39. The van der Waals surface area contributed by atoms with Gasteiger partial charge in [0.05, 0.1) is 23.4 Å². The number of thioether (sulfide) groups is 2. The van der Waals surface area contributed by atoms with Crippen molar-refractivity contribution in [2.75, 3.05) is 18.1 Å². The highest BCUT2D eigenvalue weighted by Crippen LogP contribution is 2.37. The Hall–Kier alpha value is 0.620. The van der Waals surface area contributed by atoms with Crippen LogP contribution in [0, 0.1) is 0 Å².